The van der Waals surface area contributed by atoms with Gasteiger partial charge in [0.25, 0.3) is 5.91 Å². The van der Waals surface area contributed by atoms with Gasteiger partial charge in [0.1, 0.15) is 10.7 Å². The van der Waals surface area contributed by atoms with Crippen LogP contribution in [0.25, 0.3) is 22.0 Å². The second-order valence-electron chi connectivity index (χ2n) is 7.46. The minimum Gasteiger partial charge on any atom is -0.312 e. The number of hydrogen-bond acceptors (Lipinski definition) is 5. The molecule has 1 aromatic heterocycles. The second kappa shape index (κ2) is 9.87. The fourth-order valence-corrected chi connectivity index (χ4v) is 4.50. The number of carbonyl (C=O) groups excluding carboxylic acids is 1. The first-order chi connectivity index (χ1) is 16.7. The minimum atomic E-state index is -0.233. The molecule has 34 heavy (non-hydrogen) atoms. The Labute approximate surface area is 205 Å². The molecule has 1 amide bonds. The molecule has 0 aliphatic carbocycles. The third-order valence-electron chi connectivity index (χ3n) is 5.20. The highest BCUT2D eigenvalue weighted by atomic mass is 35.5. The zero-order chi connectivity index (χ0) is 23.3. The van der Waals surface area contributed by atoms with E-state index in [2.05, 4.69) is 34.0 Å². The van der Waals surface area contributed by atoms with Crippen molar-refractivity contribution < 1.29 is 4.79 Å². The predicted octanol–water partition coefficient (Wildman–Crippen LogP) is 7.32. The van der Waals surface area contributed by atoms with Crippen molar-refractivity contribution >= 4 is 56.0 Å². The molecule has 0 radical (unpaired) electrons. The molecule has 5 aromatic rings. The lowest BCUT2D eigenvalue weighted by atomic mass is 10.1. The first-order valence-electron chi connectivity index (χ1n) is 10.6. The van der Waals surface area contributed by atoms with Gasteiger partial charge in [-0.3, -0.25) is 10.2 Å². The Morgan fingerprint density at radius 2 is 1.62 bits per heavy atom. The van der Waals surface area contributed by atoms with Crippen LogP contribution in [0, 0.1) is 0 Å². The van der Waals surface area contributed by atoms with Crippen molar-refractivity contribution in [2.75, 3.05) is 10.7 Å². The number of anilines is 2. The van der Waals surface area contributed by atoms with Crippen molar-refractivity contribution in [2.24, 2.45) is 5.10 Å². The van der Waals surface area contributed by atoms with Crippen molar-refractivity contribution in [3.63, 3.8) is 0 Å². The van der Waals surface area contributed by atoms with Crippen molar-refractivity contribution in [1.29, 1.82) is 0 Å². The fourth-order valence-electron chi connectivity index (χ4n) is 3.54. The summed E-state index contributed by atoms with van der Waals surface area (Å²) in [5, 5.41) is 11.4. The molecular formula is C27H19ClN4OS. The highest BCUT2D eigenvalue weighted by molar-refractivity contribution is 7.20. The number of nitrogens with zero attached hydrogens (tertiary/aromatic N) is 2. The lowest BCUT2D eigenvalue weighted by Crippen LogP contribution is -2.11. The Morgan fingerprint density at radius 1 is 0.882 bits per heavy atom. The molecule has 1 heterocycles. The molecule has 0 aliphatic rings. The van der Waals surface area contributed by atoms with Crippen LogP contribution in [0.2, 0.25) is 5.02 Å². The SMILES string of the molecule is O=C(Nc1sc(N/N=C/c2cccc3ccccc23)nc1-c1ccccc1)c1ccc(Cl)cc1. The van der Waals surface area contributed by atoms with E-state index in [1.54, 1.807) is 30.5 Å². The molecule has 0 unspecified atom stereocenters. The van der Waals surface area contributed by atoms with E-state index in [1.807, 2.05) is 54.6 Å². The average molecular weight is 483 g/mol. The topological polar surface area (TPSA) is 66.4 Å². The summed E-state index contributed by atoms with van der Waals surface area (Å²) in [5.41, 5.74) is 6.11. The maximum Gasteiger partial charge on any atom is 0.256 e. The van der Waals surface area contributed by atoms with Gasteiger partial charge in [-0.1, -0.05) is 95.7 Å². The summed E-state index contributed by atoms with van der Waals surface area (Å²) >= 11 is 7.27. The van der Waals surface area contributed by atoms with Crippen LogP contribution in [0.1, 0.15) is 15.9 Å². The van der Waals surface area contributed by atoms with E-state index in [1.165, 1.54) is 11.3 Å². The molecule has 0 saturated carbocycles. The van der Waals surface area contributed by atoms with Gasteiger partial charge < -0.3 is 5.32 Å². The van der Waals surface area contributed by atoms with Crippen LogP contribution in [0.15, 0.2) is 102 Å². The average Bonchev–Trinajstić information content (AvgIpc) is 3.27. The van der Waals surface area contributed by atoms with E-state index < -0.39 is 0 Å². The highest BCUT2D eigenvalue weighted by Crippen LogP contribution is 2.36. The summed E-state index contributed by atoms with van der Waals surface area (Å²) in [6.07, 6.45) is 1.78. The quantitative estimate of drug-likeness (QED) is 0.197. The van der Waals surface area contributed by atoms with Gasteiger partial charge in [-0.2, -0.15) is 5.10 Å². The number of halogens is 1. The molecule has 2 N–H and O–H groups in total. The van der Waals surface area contributed by atoms with Crippen LogP contribution >= 0.6 is 22.9 Å². The summed E-state index contributed by atoms with van der Waals surface area (Å²) in [4.78, 5) is 17.5. The lowest BCUT2D eigenvalue weighted by molar-refractivity contribution is 0.102. The minimum absolute atomic E-state index is 0.233. The van der Waals surface area contributed by atoms with Gasteiger partial charge >= 0.3 is 0 Å². The van der Waals surface area contributed by atoms with E-state index in [9.17, 15) is 4.79 Å². The first kappa shape index (κ1) is 21.8. The van der Waals surface area contributed by atoms with Gasteiger partial charge in [-0.15, -0.1) is 0 Å². The van der Waals surface area contributed by atoms with Crippen LogP contribution in [-0.2, 0) is 0 Å². The van der Waals surface area contributed by atoms with Crippen molar-refractivity contribution in [1.82, 2.24) is 4.98 Å². The number of carbonyl (C=O) groups is 1. The monoisotopic (exact) mass is 482 g/mol. The Balaban J connectivity index is 1.41. The molecule has 7 heteroatoms. The number of benzene rings is 4. The highest BCUT2D eigenvalue weighted by Gasteiger charge is 2.16. The summed E-state index contributed by atoms with van der Waals surface area (Å²) in [5.74, 6) is -0.233. The molecule has 5 nitrogen and oxygen atoms in total. The third kappa shape index (κ3) is 4.83. The predicted molar refractivity (Wildman–Crippen MR) is 142 cm³/mol. The molecular weight excluding hydrogens is 464 g/mol. The number of fused-ring (bicyclic) bond motifs is 1. The number of thiazole rings is 1. The van der Waals surface area contributed by atoms with Gasteiger partial charge in [0, 0.05) is 21.7 Å². The summed E-state index contributed by atoms with van der Waals surface area (Å²) in [6, 6.07) is 30.7. The van der Waals surface area contributed by atoms with Crippen molar-refractivity contribution in [3.8, 4) is 11.3 Å². The molecule has 5 rings (SSSR count). The van der Waals surface area contributed by atoms with E-state index in [0.29, 0.717) is 26.4 Å². The number of hydrogen-bond donors (Lipinski definition) is 2. The van der Waals surface area contributed by atoms with Gasteiger partial charge in [0.2, 0.25) is 5.13 Å². The fraction of sp³-hybridized carbons (Fsp3) is 0. The largest absolute Gasteiger partial charge is 0.312 e. The molecule has 0 spiro atoms. The maximum absolute atomic E-state index is 12.8. The van der Waals surface area contributed by atoms with Crippen LogP contribution < -0.4 is 10.7 Å². The third-order valence-corrected chi connectivity index (χ3v) is 6.32. The zero-order valence-electron chi connectivity index (χ0n) is 17.9. The Kier molecular flexibility index (Phi) is 6.33. The van der Waals surface area contributed by atoms with Crippen molar-refractivity contribution in [3.05, 3.63) is 113 Å². The number of hydrazone groups is 1. The summed E-state index contributed by atoms with van der Waals surface area (Å²) in [6.45, 7) is 0. The van der Waals surface area contributed by atoms with Crippen LogP contribution in [-0.4, -0.2) is 17.1 Å². The number of aromatic nitrogens is 1. The molecule has 0 atom stereocenters. The smallest absolute Gasteiger partial charge is 0.256 e. The van der Waals surface area contributed by atoms with E-state index in [-0.39, 0.29) is 5.91 Å². The van der Waals surface area contributed by atoms with Gasteiger partial charge in [-0.05, 0) is 35.0 Å². The first-order valence-corrected chi connectivity index (χ1v) is 11.8. The number of rotatable bonds is 6. The van der Waals surface area contributed by atoms with Crippen molar-refractivity contribution in [2.45, 2.75) is 0 Å². The van der Waals surface area contributed by atoms with Gasteiger partial charge in [-0.25, -0.2) is 4.98 Å². The van der Waals surface area contributed by atoms with E-state index in [4.69, 9.17) is 16.6 Å². The number of amides is 1. The van der Waals surface area contributed by atoms with E-state index in [0.717, 1.165) is 21.9 Å². The van der Waals surface area contributed by atoms with Crippen LogP contribution in [0.5, 0.6) is 0 Å². The molecule has 0 fully saturated rings. The summed E-state index contributed by atoms with van der Waals surface area (Å²) < 4.78 is 0. The molecule has 0 saturated heterocycles. The number of nitrogens with one attached hydrogen (secondary N) is 2. The zero-order valence-corrected chi connectivity index (χ0v) is 19.5. The van der Waals surface area contributed by atoms with Crippen LogP contribution in [0.3, 0.4) is 0 Å². The Hall–Kier alpha value is -4.00. The molecule has 0 bridgehead atoms. The lowest BCUT2D eigenvalue weighted by Gasteiger charge is -2.05. The standard InChI is InChI=1S/C27H19ClN4OS/c28-22-15-13-20(14-16-22)25(33)31-26-24(19-8-2-1-3-9-19)30-27(34-26)32-29-17-21-11-6-10-18-7-4-5-12-23(18)21/h1-17H,(H,30,32)(H,31,33)/b29-17+. The Bertz CT molecular complexity index is 1470. The van der Waals surface area contributed by atoms with Crippen LogP contribution in [0.4, 0.5) is 10.1 Å². The normalized spacial score (nSPS) is 11.1. The summed E-state index contributed by atoms with van der Waals surface area (Å²) in [7, 11) is 0. The van der Waals surface area contributed by atoms with E-state index >= 15 is 0 Å². The molecule has 4 aromatic carbocycles. The van der Waals surface area contributed by atoms with Gasteiger partial charge in [0.05, 0.1) is 6.21 Å². The second-order valence-corrected chi connectivity index (χ2v) is 8.90. The molecule has 0 aliphatic heterocycles. The van der Waals surface area contributed by atoms with Gasteiger partial charge in [0.15, 0.2) is 0 Å². The maximum atomic E-state index is 12.8. The molecule has 166 valence electrons. The Morgan fingerprint density at radius 3 is 2.44 bits per heavy atom.